The molecule has 0 aliphatic heterocycles. The van der Waals surface area contributed by atoms with Gasteiger partial charge in [-0.25, -0.2) is 0 Å². The molecule has 1 rings (SSSR count). The van der Waals surface area contributed by atoms with Crippen molar-refractivity contribution in [2.45, 2.75) is 33.3 Å². The molecule has 1 aromatic heterocycles. The quantitative estimate of drug-likeness (QED) is 0.725. The Morgan fingerprint density at radius 1 is 1.62 bits per heavy atom. The molecule has 0 bridgehead atoms. The first-order chi connectivity index (χ1) is 7.34. The average Bonchev–Trinajstić information content (AvgIpc) is 2.61. The van der Waals surface area contributed by atoms with E-state index in [0.717, 1.165) is 5.69 Å². The highest BCUT2D eigenvalue weighted by atomic mass is 16.3. The highest BCUT2D eigenvalue weighted by Gasteiger charge is 2.25. The molecular formula is C12H20N2O2. The third kappa shape index (κ3) is 2.85. The Morgan fingerprint density at radius 2 is 2.25 bits per heavy atom. The Bertz CT molecular complexity index is 367. The zero-order valence-electron chi connectivity index (χ0n) is 10.3. The summed E-state index contributed by atoms with van der Waals surface area (Å²) in [5, 5.41) is 12.7. The highest BCUT2D eigenvalue weighted by Crippen LogP contribution is 2.15. The van der Waals surface area contributed by atoms with Gasteiger partial charge in [0.05, 0.1) is 11.2 Å². The number of carbonyl (C=O) groups is 1. The van der Waals surface area contributed by atoms with E-state index in [1.54, 1.807) is 19.2 Å². The van der Waals surface area contributed by atoms with Crippen LogP contribution in [0.25, 0.3) is 0 Å². The lowest BCUT2D eigenvalue weighted by atomic mass is 9.92. The summed E-state index contributed by atoms with van der Waals surface area (Å²) in [4.78, 5) is 14.7. The number of H-pyrrole nitrogens is 1. The standard InChI is InChI=1S/C12H20N2O2/c1-8(2)12(4,16)7-14-11(15)10-5-6-13-9(10)3/h5-6,8,13,16H,7H2,1-4H3,(H,14,15). The fraction of sp³-hybridized carbons (Fsp3) is 0.583. The van der Waals surface area contributed by atoms with Crippen LogP contribution in [0.3, 0.4) is 0 Å². The van der Waals surface area contributed by atoms with E-state index in [1.807, 2.05) is 20.8 Å². The van der Waals surface area contributed by atoms with E-state index in [4.69, 9.17) is 0 Å². The minimum absolute atomic E-state index is 0.0973. The van der Waals surface area contributed by atoms with Crippen molar-refractivity contribution in [1.29, 1.82) is 0 Å². The van der Waals surface area contributed by atoms with E-state index >= 15 is 0 Å². The fourth-order valence-electron chi connectivity index (χ4n) is 1.26. The number of aromatic nitrogens is 1. The van der Waals surface area contributed by atoms with Crippen molar-refractivity contribution in [3.05, 3.63) is 23.5 Å². The van der Waals surface area contributed by atoms with Gasteiger partial charge in [-0.2, -0.15) is 0 Å². The summed E-state index contributed by atoms with van der Waals surface area (Å²) in [6, 6.07) is 1.73. The summed E-state index contributed by atoms with van der Waals surface area (Å²) in [5.74, 6) is -0.0557. The highest BCUT2D eigenvalue weighted by molar-refractivity contribution is 5.95. The van der Waals surface area contributed by atoms with E-state index in [2.05, 4.69) is 10.3 Å². The number of amides is 1. The van der Waals surface area contributed by atoms with Crippen LogP contribution in [0.2, 0.25) is 0 Å². The number of rotatable bonds is 4. The lowest BCUT2D eigenvalue weighted by Gasteiger charge is -2.27. The van der Waals surface area contributed by atoms with Crippen molar-refractivity contribution >= 4 is 5.91 Å². The number of aromatic amines is 1. The smallest absolute Gasteiger partial charge is 0.253 e. The maximum absolute atomic E-state index is 11.8. The number of nitrogens with one attached hydrogen (secondary N) is 2. The minimum Gasteiger partial charge on any atom is -0.388 e. The molecule has 1 atom stereocenters. The van der Waals surface area contributed by atoms with Gasteiger partial charge in [-0.1, -0.05) is 13.8 Å². The van der Waals surface area contributed by atoms with Gasteiger partial charge in [0.2, 0.25) is 0 Å². The molecule has 90 valence electrons. The summed E-state index contributed by atoms with van der Waals surface area (Å²) in [6.07, 6.45) is 1.73. The van der Waals surface area contributed by atoms with Crippen molar-refractivity contribution in [1.82, 2.24) is 10.3 Å². The van der Waals surface area contributed by atoms with Gasteiger partial charge in [-0.05, 0) is 25.8 Å². The fourth-order valence-corrected chi connectivity index (χ4v) is 1.26. The predicted octanol–water partition coefficient (Wildman–Crippen LogP) is 1.46. The first-order valence-corrected chi connectivity index (χ1v) is 5.49. The molecule has 1 unspecified atom stereocenters. The molecule has 16 heavy (non-hydrogen) atoms. The first-order valence-electron chi connectivity index (χ1n) is 5.49. The third-order valence-electron chi connectivity index (χ3n) is 3.05. The molecule has 4 heteroatoms. The van der Waals surface area contributed by atoms with Gasteiger partial charge < -0.3 is 15.4 Å². The molecular weight excluding hydrogens is 204 g/mol. The Morgan fingerprint density at radius 3 is 2.69 bits per heavy atom. The molecule has 0 aliphatic carbocycles. The average molecular weight is 224 g/mol. The lowest BCUT2D eigenvalue weighted by Crippen LogP contribution is -2.44. The van der Waals surface area contributed by atoms with Gasteiger partial charge in [-0.15, -0.1) is 0 Å². The number of aryl methyl sites for hydroxylation is 1. The van der Waals surface area contributed by atoms with E-state index in [9.17, 15) is 9.90 Å². The molecule has 0 fully saturated rings. The van der Waals surface area contributed by atoms with Gasteiger partial charge in [-0.3, -0.25) is 4.79 Å². The van der Waals surface area contributed by atoms with Crippen LogP contribution in [0.4, 0.5) is 0 Å². The van der Waals surface area contributed by atoms with Crippen molar-refractivity contribution in [3.63, 3.8) is 0 Å². The molecule has 0 saturated heterocycles. The van der Waals surface area contributed by atoms with E-state index < -0.39 is 5.60 Å². The van der Waals surface area contributed by atoms with Crippen LogP contribution in [0.15, 0.2) is 12.3 Å². The molecule has 0 aromatic carbocycles. The van der Waals surface area contributed by atoms with Crippen molar-refractivity contribution in [2.24, 2.45) is 5.92 Å². The summed E-state index contributed by atoms with van der Waals surface area (Å²) in [5.41, 5.74) is 0.584. The largest absolute Gasteiger partial charge is 0.388 e. The minimum atomic E-state index is -0.875. The summed E-state index contributed by atoms with van der Waals surface area (Å²) < 4.78 is 0. The molecule has 0 radical (unpaired) electrons. The maximum Gasteiger partial charge on any atom is 0.253 e. The Hall–Kier alpha value is -1.29. The first kappa shape index (κ1) is 12.8. The van der Waals surface area contributed by atoms with Crippen LogP contribution in [0.1, 0.15) is 36.8 Å². The van der Waals surface area contributed by atoms with Crippen molar-refractivity contribution < 1.29 is 9.90 Å². The second-order valence-corrected chi connectivity index (χ2v) is 4.71. The summed E-state index contributed by atoms with van der Waals surface area (Å²) in [7, 11) is 0. The summed E-state index contributed by atoms with van der Waals surface area (Å²) in [6.45, 7) is 7.67. The van der Waals surface area contributed by atoms with Crippen LogP contribution in [0.5, 0.6) is 0 Å². The van der Waals surface area contributed by atoms with Gasteiger partial charge in [0.25, 0.3) is 5.91 Å². The van der Waals surface area contributed by atoms with Gasteiger partial charge >= 0.3 is 0 Å². The molecule has 0 spiro atoms. The predicted molar refractivity (Wildman–Crippen MR) is 63.3 cm³/mol. The molecule has 3 N–H and O–H groups in total. The van der Waals surface area contributed by atoms with Gasteiger partial charge in [0, 0.05) is 18.4 Å². The second-order valence-electron chi connectivity index (χ2n) is 4.71. The van der Waals surface area contributed by atoms with Crippen molar-refractivity contribution in [3.8, 4) is 0 Å². The Balaban J connectivity index is 2.58. The van der Waals surface area contributed by atoms with E-state index in [1.165, 1.54) is 0 Å². The number of aliphatic hydroxyl groups is 1. The van der Waals surface area contributed by atoms with E-state index in [0.29, 0.717) is 5.56 Å². The van der Waals surface area contributed by atoms with Crippen molar-refractivity contribution in [2.75, 3.05) is 6.54 Å². The van der Waals surface area contributed by atoms with Gasteiger partial charge in [0.15, 0.2) is 0 Å². The van der Waals surface area contributed by atoms with Crippen LogP contribution in [-0.4, -0.2) is 28.1 Å². The topological polar surface area (TPSA) is 65.1 Å². The van der Waals surface area contributed by atoms with Crippen LogP contribution in [0, 0.1) is 12.8 Å². The number of hydrogen-bond donors (Lipinski definition) is 3. The molecule has 4 nitrogen and oxygen atoms in total. The molecule has 1 heterocycles. The summed E-state index contributed by atoms with van der Waals surface area (Å²) >= 11 is 0. The zero-order valence-corrected chi connectivity index (χ0v) is 10.3. The molecule has 0 saturated carbocycles. The number of carbonyl (C=O) groups excluding carboxylic acids is 1. The monoisotopic (exact) mass is 224 g/mol. The molecule has 1 amide bonds. The zero-order chi connectivity index (χ0) is 12.3. The maximum atomic E-state index is 11.8. The van der Waals surface area contributed by atoms with Crippen LogP contribution in [-0.2, 0) is 0 Å². The van der Waals surface area contributed by atoms with Crippen LogP contribution >= 0.6 is 0 Å². The SMILES string of the molecule is Cc1[nH]ccc1C(=O)NCC(C)(O)C(C)C. The Kier molecular flexibility index (Phi) is 3.75. The molecule has 0 aliphatic rings. The normalized spacial score (nSPS) is 14.9. The lowest BCUT2D eigenvalue weighted by molar-refractivity contribution is 0.0142. The third-order valence-corrected chi connectivity index (χ3v) is 3.05. The van der Waals surface area contributed by atoms with E-state index in [-0.39, 0.29) is 18.4 Å². The number of hydrogen-bond acceptors (Lipinski definition) is 2. The second kappa shape index (κ2) is 4.70. The Labute approximate surface area is 96.1 Å². The molecule has 1 aromatic rings. The van der Waals surface area contributed by atoms with Crippen LogP contribution < -0.4 is 5.32 Å². The van der Waals surface area contributed by atoms with Gasteiger partial charge in [0.1, 0.15) is 0 Å².